The predicted molar refractivity (Wildman–Crippen MR) is 65.0 cm³/mol. The fraction of sp³-hybridized carbons (Fsp3) is 0.538. The van der Waals surface area contributed by atoms with Gasteiger partial charge >= 0.3 is 0 Å². The molecule has 2 fully saturated rings. The molecule has 1 N–H and O–H groups in total. The summed E-state index contributed by atoms with van der Waals surface area (Å²) in [6.07, 6.45) is 2.79. The Morgan fingerprint density at radius 2 is 1.69 bits per heavy atom. The molecular formula is C13H16ClNO. The van der Waals surface area contributed by atoms with E-state index in [1.165, 1.54) is 25.9 Å². The van der Waals surface area contributed by atoms with Crippen molar-refractivity contribution in [1.29, 1.82) is 0 Å². The van der Waals surface area contributed by atoms with Gasteiger partial charge in [0.2, 0.25) is 0 Å². The van der Waals surface area contributed by atoms with Gasteiger partial charge in [-0.3, -0.25) is 0 Å². The molecule has 2 nitrogen and oxygen atoms in total. The summed E-state index contributed by atoms with van der Waals surface area (Å²) in [4.78, 5) is 0. The Morgan fingerprint density at radius 3 is 2.31 bits per heavy atom. The number of hydrogen-bond donors (Lipinski definition) is 1. The van der Waals surface area contributed by atoms with Crippen LogP contribution in [0.1, 0.15) is 12.8 Å². The highest BCUT2D eigenvalue weighted by Gasteiger charge is 2.38. The minimum absolute atomic E-state index is 0.401. The van der Waals surface area contributed by atoms with Crippen molar-refractivity contribution in [3.63, 3.8) is 0 Å². The molecule has 0 radical (unpaired) electrons. The summed E-state index contributed by atoms with van der Waals surface area (Å²) in [6.45, 7) is 2.34. The van der Waals surface area contributed by atoms with Crippen molar-refractivity contribution < 1.29 is 4.74 Å². The van der Waals surface area contributed by atoms with Gasteiger partial charge in [0.25, 0.3) is 0 Å². The third-order valence-corrected chi connectivity index (χ3v) is 3.98. The van der Waals surface area contributed by atoms with E-state index in [0.29, 0.717) is 6.10 Å². The molecule has 1 aromatic rings. The monoisotopic (exact) mass is 237 g/mol. The molecule has 1 aliphatic carbocycles. The molecule has 86 valence electrons. The third-order valence-electron chi connectivity index (χ3n) is 3.73. The summed E-state index contributed by atoms with van der Waals surface area (Å²) in [5.74, 6) is 2.61. The Bertz CT molecular complexity index is 353. The van der Waals surface area contributed by atoms with Crippen LogP contribution in [0.5, 0.6) is 5.75 Å². The molecule has 1 saturated carbocycles. The Labute approximate surface area is 101 Å². The van der Waals surface area contributed by atoms with E-state index in [1.54, 1.807) is 0 Å². The molecule has 0 amide bonds. The number of benzene rings is 1. The normalized spacial score (nSPS) is 32.7. The highest BCUT2D eigenvalue weighted by molar-refractivity contribution is 6.30. The van der Waals surface area contributed by atoms with Crippen molar-refractivity contribution >= 4 is 11.6 Å². The molecular weight excluding hydrogens is 222 g/mol. The zero-order chi connectivity index (χ0) is 11.0. The van der Waals surface area contributed by atoms with Crippen molar-refractivity contribution in [3.8, 4) is 5.75 Å². The standard InChI is InChI=1S/C13H16ClNO/c14-11-1-3-12(4-2-11)16-13-5-9-7-15-8-10(9)6-13/h1-4,9-10,13,15H,5-8H2/t9-,10+,13-. The molecule has 1 saturated heterocycles. The summed E-state index contributed by atoms with van der Waals surface area (Å²) in [6, 6.07) is 7.67. The molecule has 1 heterocycles. The molecule has 3 rings (SSSR count). The average Bonchev–Trinajstić information content (AvgIpc) is 2.81. The van der Waals surface area contributed by atoms with E-state index in [2.05, 4.69) is 5.32 Å². The van der Waals surface area contributed by atoms with Crippen molar-refractivity contribution in [2.75, 3.05) is 13.1 Å². The lowest BCUT2D eigenvalue weighted by Crippen LogP contribution is -2.18. The van der Waals surface area contributed by atoms with Crippen LogP contribution < -0.4 is 10.1 Å². The van der Waals surface area contributed by atoms with Crippen molar-refractivity contribution in [3.05, 3.63) is 29.3 Å². The zero-order valence-electron chi connectivity index (χ0n) is 9.16. The first kappa shape index (κ1) is 10.4. The Kier molecular flexibility index (Phi) is 2.78. The van der Waals surface area contributed by atoms with Crippen molar-refractivity contribution in [2.24, 2.45) is 11.8 Å². The van der Waals surface area contributed by atoms with Gasteiger partial charge in [0.05, 0.1) is 6.10 Å². The molecule has 0 aromatic heterocycles. The van der Waals surface area contributed by atoms with Gasteiger partial charge < -0.3 is 10.1 Å². The van der Waals surface area contributed by atoms with Gasteiger partial charge in [-0.1, -0.05) is 11.6 Å². The van der Waals surface area contributed by atoms with E-state index in [1.807, 2.05) is 24.3 Å². The fourth-order valence-electron chi connectivity index (χ4n) is 2.91. The molecule has 0 unspecified atom stereocenters. The van der Waals surface area contributed by atoms with Crippen LogP contribution in [0, 0.1) is 11.8 Å². The third kappa shape index (κ3) is 2.04. The summed E-state index contributed by atoms with van der Waals surface area (Å²) in [5, 5.41) is 4.21. The minimum atomic E-state index is 0.401. The van der Waals surface area contributed by atoms with Gasteiger partial charge in [-0.05, 0) is 62.0 Å². The van der Waals surface area contributed by atoms with E-state index in [-0.39, 0.29) is 0 Å². The average molecular weight is 238 g/mol. The number of ether oxygens (including phenoxy) is 1. The van der Waals surface area contributed by atoms with Crippen LogP contribution in [-0.2, 0) is 0 Å². The Hall–Kier alpha value is -0.730. The van der Waals surface area contributed by atoms with E-state index in [4.69, 9.17) is 16.3 Å². The van der Waals surface area contributed by atoms with Gasteiger partial charge in [-0.2, -0.15) is 0 Å². The molecule has 2 aliphatic rings. The van der Waals surface area contributed by atoms with Gasteiger partial charge in [0.15, 0.2) is 0 Å². The lowest BCUT2D eigenvalue weighted by Gasteiger charge is -2.14. The van der Waals surface area contributed by atoms with Gasteiger partial charge in [0.1, 0.15) is 5.75 Å². The van der Waals surface area contributed by atoms with E-state index in [0.717, 1.165) is 22.6 Å². The van der Waals surface area contributed by atoms with Crippen LogP contribution in [0.15, 0.2) is 24.3 Å². The number of halogens is 1. The first-order valence-corrected chi connectivity index (χ1v) is 6.32. The van der Waals surface area contributed by atoms with Crippen molar-refractivity contribution in [2.45, 2.75) is 18.9 Å². The van der Waals surface area contributed by atoms with Crippen LogP contribution in [0.3, 0.4) is 0 Å². The van der Waals surface area contributed by atoms with Crippen LogP contribution >= 0.6 is 11.6 Å². The molecule has 3 heteroatoms. The van der Waals surface area contributed by atoms with Gasteiger partial charge in [-0.15, -0.1) is 0 Å². The summed E-state index contributed by atoms with van der Waals surface area (Å²) in [5.41, 5.74) is 0. The summed E-state index contributed by atoms with van der Waals surface area (Å²) in [7, 11) is 0. The SMILES string of the molecule is Clc1ccc(O[C@H]2C[C@H]3CNC[C@H]3C2)cc1. The maximum atomic E-state index is 5.98. The number of hydrogen-bond acceptors (Lipinski definition) is 2. The van der Waals surface area contributed by atoms with Crippen molar-refractivity contribution in [1.82, 2.24) is 5.32 Å². The molecule has 1 aliphatic heterocycles. The quantitative estimate of drug-likeness (QED) is 0.854. The molecule has 16 heavy (non-hydrogen) atoms. The molecule has 3 atom stereocenters. The first-order valence-electron chi connectivity index (χ1n) is 5.94. The van der Waals surface area contributed by atoms with Gasteiger partial charge in [-0.25, -0.2) is 0 Å². The topological polar surface area (TPSA) is 21.3 Å². The van der Waals surface area contributed by atoms with E-state index >= 15 is 0 Å². The molecule has 0 spiro atoms. The molecule has 1 aromatic carbocycles. The van der Waals surface area contributed by atoms with E-state index < -0.39 is 0 Å². The van der Waals surface area contributed by atoms with Crippen LogP contribution in [0.25, 0.3) is 0 Å². The number of rotatable bonds is 2. The second-order valence-electron chi connectivity index (χ2n) is 4.84. The Morgan fingerprint density at radius 1 is 1.06 bits per heavy atom. The first-order chi connectivity index (χ1) is 7.81. The largest absolute Gasteiger partial charge is 0.490 e. The fourth-order valence-corrected chi connectivity index (χ4v) is 3.04. The maximum Gasteiger partial charge on any atom is 0.119 e. The highest BCUT2D eigenvalue weighted by Crippen LogP contribution is 2.36. The summed E-state index contributed by atoms with van der Waals surface area (Å²) >= 11 is 5.84. The van der Waals surface area contributed by atoms with Gasteiger partial charge in [0, 0.05) is 5.02 Å². The Balaban J connectivity index is 1.62. The number of fused-ring (bicyclic) bond motifs is 1. The zero-order valence-corrected chi connectivity index (χ0v) is 9.91. The predicted octanol–water partition coefficient (Wildman–Crippen LogP) is 2.72. The number of nitrogens with one attached hydrogen (secondary N) is 1. The van der Waals surface area contributed by atoms with Crippen LogP contribution in [-0.4, -0.2) is 19.2 Å². The highest BCUT2D eigenvalue weighted by atomic mass is 35.5. The minimum Gasteiger partial charge on any atom is -0.490 e. The lowest BCUT2D eigenvalue weighted by atomic mass is 10.0. The molecule has 0 bridgehead atoms. The second-order valence-corrected chi connectivity index (χ2v) is 5.28. The van der Waals surface area contributed by atoms with Crippen LogP contribution in [0.2, 0.25) is 5.02 Å². The van der Waals surface area contributed by atoms with E-state index in [9.17, 15) is 0 Å². The maximum absolute atomic E-state index is 5.98. The smallest absolute Gasteiger partial charge is 0.119 e. The lowest BCUT2D eigenvalue weighted by molar-refractivity contribution is 0.199. The second kappa shape index (κ2) is 4.27. The summed E-state index contributed by atoms with van der Waals surface area (Å²) < 4.78 is 5.98. The van der Waals surface area contributed by atoms with Crippen LogP contribution in [0.4, 0.5) is 0 Å².